The molecule has 0 unspecified atom stereocenters. The molecular formula is C19H15N3OS. The number of nitrogens with one attached hydrogen (secondary N) is 1. The standard InChI is InChI=1S/C19H15N3OS/c20-12-11-14-5-8-16(9-6-14)21-18(23)13-24-19-10-7-15-3-1-2-4-17(15)22-19/h1-10H,11,13H2,(H,21,23). The molecule has 1 aromatic heterocycles. The van der Waals surface area contributed by atoms with Gasteiger partial charge in [-0.15, -0.1) is 0 Å². The minimum Gasteiger partial charge on any atom is -0.325 e. The second-order valence-corrected chi connectivity index (χ2v) is 6.21. The summed E-state index contributed by atoms with van der Waals surface area (Å²) in [5.41, 5.74) is 2.59. The lowest BCUT2D eigenvalue weighted by molar-refractivity contribution is -0.113. The number of hydrogen-bond donors (Lipinski definition) is 1. The van der Waals surface area contributed by atoms with Crippen LogP contribution in [0, 0.1) is 11.3 Å². The molecule has 118 valence electrons. The fourth-order valence-corrected chi connectivity index (χ4v) is 2.94. The van der Waals surface area contributed by atoms with Crippen molar-refractivity contribution in [2.24, 2.45) is 0 Å². The zero-order chi connectivity index (χ0) is 16.8. The molecule has 3 rings (SSSR count). The Labute approximate surface area is 144 Å². The van der Waals surface area contributed by atoms with E-state index in [1.807, 2.05) is 60.7 Å². The third-order valence-corrected chi connectivity index (χ3v) is 4.37. The van der Waals surface area contributed by atoms with E-state index >= 15 is 0 Å². The minimum atomic E-state index is -0.0806. The van der Waals surface area contributed by atoms with Crippen LogP contribution in [0.5, 0.6) is 0 Å². The van der Waals surface area contributed by atoms with E-state index in [1.165, 1.54) is 11.8 Å². The highest BCUT2D eigenvalue weighted by Crippen LogP contribution is 2.20. The Hall–Kier alpha value is -2.84. The van der Waals surface area contributed by atoms with E-state index in [1.54, 1.807) is 0 Å². The van der Waals surface area contributed by atoms with Gasteiger partial charge in [-0.2, -0.15) is 5.26 Å². The molecule has 1 heterocycles. The quantitative estimate of drug-likeness (QED) is 0.716. The normalized spacial score (nSPS) is 10.3. The molecule has 0 aliphatic carbocycles. The van der Waals surface area contributed by atoms with E-state index < -0.39 is 0 Å². The van der Waals surface area contributed by atoms with Crippen molar-refractivity contribution in [2.75, 3.05) is 11.1 Å². The molecule has 4 nitrogen and oxygen atoms in total. The van der Waals surface area contributed by atoms with Gasteiger partial charge in [0, 0.05) is 11.1 Å². The average molecular weight is 333 g/mol. The number of pyridine rings is 1. The van der Waals surface area contributed by atoms with E-state index in [0.29, 0.717) is 12.2 Å². The number of aromatic nitrogens is 1. The molecule has 0 aliphatic rings. The Kier molecular flexibility index (Phi) is 5.09. The Bertz CT molecular complexity index is 900. The predicted octanol–water partition coefficient (Wildman–Crippen LogP) is 4.03. The number of amides is 1. The molecule has 0 aliphatic heterocycles. The first-order valence-corrected chi connectivity index (χ1v) is 8.47. The number of nitriles is 1. The molecule has 1 amide bonds. The maximum Gasteiger partial charge on any atom is 0.234 e. The monoisotopic (exact) mass is 333 g/mol. The molecular weight excluding hydrogens is 318 g/mol. The minimum absolute atomic E-state index is 0.0806. The third-order valence-electron chi connectivity index (χ3n) is 3.44. The highest BCUT2D eigenvalue weighted by Gasteiger charge is 2.05. The van der Waals surface area contributed by atoms with Crippen molar-refractivity contribution >= 4 is 34.3 Å². The van der Waals surface area contributed by atoms with Gasteiger partial charge in [0.15, 0.2) is 0 Å². The Morgan fingerprint density at radius 2 is 1.88 bits per heavy atom. The Morgan fingerprint density at radius 1 is 1.08 bits per heavy atom. The number of fused-ring (bicyclic) bond motifs is 1. The van der Waals surface area contributed by atoms with Crippen molar-refractivity contribution in [3.8, 4) is 6.07 Å². The summed E-state index contributed by atoms with van der Waals surface area (Å²) in [6.07, 6.45) is 0.373. The summed E-state index contributed by atoms with van der Waals surface area (Å²) in [6.45, 7) is 0. The smallest absolute Gasteiger partial charge is 0.234 e. The van der Waals surface area contributed by atoms with Gasteiger partial charge in [0.25, 0.3) is 0 Å². The lowest BCUT2D eigenvalue weighted by Crippen LogP contribution is -2.14. The molecule has 0 fully saturated rings. The van der Waals surface area contributed by atoms with Gasteiger partial charge < -0.3 is 5.32 Å². The Balaban J connectivity index is 1.57. The van der Waals surface area contributed by atoms with Gasteiger partial charge in [0.2, 0.25) is 5.91 Å². The van der Waals surface area contributed by atoms with Crippen LogP contribution in [0.1, 0.15) is 5.56 Å². The van der Waals surface area contributed by atoms with Gasteiger partial charge in [-0.3, -0.25) is 4.79 Å². The number of nitrogens with zero attached hydrogens (tertiary/aromatic N) is 2. The first kappa shape index (κ1) is 16.0. The second kappa shape index (κ2) is 7.62. The number of anilines is 1. The summed E-state index contributed by atoms with van der Waals surface area (Å²) in [7, 11) is 0. The number of para-hydroxylation sites is 1. The largest absolute Gasteiger partial charge is 0.325 e. The van der Waals surface area contributed by atoms with Crippen molar-refractivity contribution in [3.63, 3.8) is 0 Å². The lowest BCUT2D eigenvalue weighted by atomic mass is 10.1. The summed E-state index contributed by atoms with van der Waals surface area (Å²) >= 11 is 1.41. The predicted molar refractivity (Wildman–Crippen MR) is 96.9 cm³/mol. The highest BCUT2D eigenvalue weighted by molar-refractivity contribution is 7.99. The Morgan fingerprint density at radius 3 is 2.67 bits per heavy atom. The van der Waals surface area contributed by atoms with Crippen molar-refractivity contribution in [2.45, 2.75) is 11.4 Å². The molecule has 2 aromatic carbocycles. The van der Waals surface area contributed by atoms with E-state index in [9.17, 15) is 4.79 Å². The second-order valence-electron chi connectivity index (χ2n) is 5.21. The van der Waals surface area contributed by atoms with Crippen molar-refractivity contribution in [3.05, 3.63) is 66.2 Å². The molecule has 3 aromatic rings. The summed E-state index contributed by atoms with van der Waals surface area (Å²) in [5.74, 6) is 0.216. The van der Waals surface area contributed by atoms with Crippen molar-refractivity contribution in [1.82, 2.24) is 4.98 Å². The van der Waals surface area contributed by atoms with Crippen molar-refractivity contribution < 1.29 is 4.79 Å². The SMILES string of the molecule is N#CCc1ccc(NC(=O)CSc2ccc3ccccc3n2)cc1. The van der Waals surface area contributed by atoms with Crippen LogP contribution in [0.15, 0.2) is 65.7 Å². The van der Waals surface area contributed by atoms with Gasteiger partial charge in [0.1, 0.15) is 0 Å². The van der Waals surface area contributed by atoms with Crippen LogP contribution >= 0.6 is 11.8 Å². The first-order valence-electron chi connectivity index (χ1n) is 7.49. The van der Waals surface area contributed by atoms with Gasteiger partial charge >= 0.3 is 0 Å². The van der Waals surface area contributed by atoms with E-state index in [0.717, 1.165) is 27.2 Å². The van der Waals surface area contributed by atoms with Gasteiger partial charge in [-0.1, -0.05) is 48.2 Å². The number of carbonyl (C=O) groups excluding carboxylic acids is 1. The fraction of sp³-hybridized carbons (Fsp3) is 0.105. The fourth-order valence-electron chi connectivity index (χ4n) is 2.26. The molecule has 0 radical (unpaired) electrons. The van der Waals surface area contributed by atoms with Gasteiger partial charge in [0.05, 0.1) is 28.8 Å². The van der Waals surface area contributed by atoms with E-state index in [2.05, 4.69) is 16.4 Å². The molecule has 5 heteroatoms. The lowest BCUT2D eigenvalue weighted by Gasteiger charge is -2.06. The van der Waals surface area contributed by atoms with Gasteiger partial charge in [-0.25, -0.2) is 4.98 Å². The third kappa shape index (κ3) is 4.12. The van der Waals surface area contributed by atoms with Crippen LogP contribution in [0.3, 0.4) is 0 Å². The molecule has 0 atom stereocenters. The summed E-state index contributed by atoms with van der Waals surface area (Å²) in [4.78, 5) is 16.6. The van der Waals surface area contributed by atoms with Crippen LogP contribution in [-0.4, -0.2) is 16.6 Å². The maximum atomic E-state index is 12.0. The summed E-state index contributed by atoms with van der Waals surface area (Å²) < 4.78 is 0. The molecule has 0 bridgehead atoms. The van der Waals surface area contributed by atoms with Crippen LogP contribution in [0.25, 0.3) is 10.9 Å². The summed E-state index contributed by atoms with van der Waals surface area (Å²) in [6, 6.07) is 21.2. The van der Waals surface area contributed by atoms with Crippen molar-refractivity contribution in [1.29, 1.82) is 5.26 Å². The number of hydrogen-bond acceptors (Lipinski definition) is 4. The topological polar surface area (TPSA) is 65.8 Å². The first-order chi connectivity index (χ1) is 11.7. The van der Waals surface area contributed by atoms with Crippen LogP contribution in [-0.2, 0) is 11.2 Å². The van der Waals surface area contributed by atoms with Crippen LogP contribution in [0.4, 0.5) is 5.69 Å². The molecule has 0 saturated heterocycles. The number of thioether (sulfide) groups is 1. The summed E-state index contributed by atoms with van der Waals surface area (Å²) in [5, 5.41) is 13.4. The molecule has 1 N–H and O–H groups in total. The number of carbonyl (C=O) groups is 1. The average Bonchev–Trinajstić information content (AvgIpc) is 2.62. The van der Waals surface area contributed by atoms with Crippen LogP contribution in [0.2, 0.25) is 0 Å². The molecule has 0 saturated carbocycles. The number of benzene rings is 2. The van der Waals surface area contributed by atoms with Crippen LogP contribution < -0.4 is 5.32 Å². The zero-order valence-electron chi connectivity index (χ0n) is 12.9. The number of rotatable bonds is 5. The molecule has 0 spiro atoms. The maximum absolute atomic E-state index is 12.0. The zero-order valence-corrected chi connectivity index (χ0v) is 13.7. The van der Waals surface area contributed by atoms with Gasteiger partial charge in [-0.05, 0) is 29.8 Å². The van der Waals surface area contributed by atoms with E-state index in [-0.39, 0.29) is 5.91 Å². The van der Waals surface area contributed by atoms with E-state index in [4.69, 9.17) is 5.26 Å². The molecule has 24 heavy (non-hydrogen) atoms. The highest BCUT2D eigenvalue weighted by atomic mass is 32.2.